The fraction of sp³-hybridized carbons (Fsp3) is 0.143. The van der Waals surface area contributed by atoms with Crippen LogP contribution in [0.15, 0.2) is 27.0 Å². The SMILES string of the molecule is C=Cn1cc(Br)nc(Br)c1=NC. The van der Waals surface area contributed by atoms with Crippen molar-refractivity contribution in [3.63, 3.8) is 0 Å². The lowest BCUT2D eigenvalue weighted by Crippen LogP contribution is -2.18. The lowest BCUT2D eigenvalue weighted by molar-refractivity contribution is 0.921. The topological polar surface area (TPSA) is 30.2 Å². The first-order valence-electron chi connectivity index (χ1n) is 3.18. The number of halogens is 2. The average Bonchev–Trinajstić information content (AvgIpc) is 2.03. The Bertz CT molecular complexity index is 367. The Morgan fingerprint density at radius 2 is 2.33 bits per heavy atom. The minimum atomic E-state index is 0.694. The van der Waals surface area contributed by atoms with Gasteiger partial charge in [-0.05, 0) is 31.9 Å². The molecule has 0 atom stereocenters. The molecule has 0 amide bonds. The van der Waals surface area contributed by atoms with Gasteiger partial charge in [0.25, 0.3) is 0 Å². The van der Waals surface area contributed by atoms with Gasteiger partial charge in [0, 0.05) is 19.4 Å². The standard InChI is InChI=1S/C7H7Br2N3/c1-3-12-4-5(8)11-6(9)7(12)10-2/h3-4H,1H2,2H3. The summed E-state index contributed by atoms with van der Waals surface area (Å²) in [6.45, 7) is 3.66. The van der Waals surface area contributed by atoms with Crippen LogP contribution in [-0.2, 0) is 0 Å². The summed E-state index contributed by atoms with van der Waals surface area (Å²) < 4.78 is 3.21. The van der Waals surface area contributed by atoms with E-state index in [0.29, 0.717) is 4.60 Å². The van der Waals surface area contributed by atoms with Gasteiger partial charge < -0.3 is 4.57 Å². The Morgan fingerprint density at radius 1 is 1.67 bits per heavy atom. The van der Waals surface area contributed by atoms with Crippen molar-refractivity contribution in [3.8, 4) is 0 Å². The Balaban J connectivity index is 3.56. The molecule has 0 saturated heterocycles. The van der Waals surface area contributed by atoms with E-state index in [-0.39, 0.29) is 0 Å². The monoisotopic (exact) mass is 291 g/mol. The first-order chi connectivity index (χ1) is 5.69. The van der Waals surface area contributed by atoms with Crippen molar-refractivity contribution in [2.45, 2.75) is 0 Å². The highest BCUT2D eigenvalue weighted by Crippen LogP contribution is 2.07. The smallest absolute Gasteiger partial charge is 0.165 e. The first-order valence-corrected chi connectivity index (χ1v) is 4.77. The van der Waals surface area contributed by atoms with Gasteiger partial charge in [-0.2, -0.15) is 0 Å². The largest absolute Gasteiger partial charge is 0.305 e. The molecule has 0 aromatic carbocycles. The second-order valence-corrected chi connectivity index (χ2v) is 3.56. The molecule has 0 aliphatic heterocycles. The van der Waals surface area contributed by atoms with Gasteiger partial charge in [0.1, 0.15) is 9.21 Å². The van der Waals surface area contributed by atoms with E-state index in [1.807, 2.05) is 0 Å². The number of aromatic nitrogens is 2. The van der Waals surface area contributed by atoms with Crippen LogP contribution < -0.4 is 5.49 Å². The highest BCUT2D eigenvalue weighted by molar-refractivity contribution is 9.11. The maximum absolute atomic E-state index is 4.12. The van der Waals surface area contributed by atoms with E-state index in [0.717, 1.165) is 10.1 Å². The first kappa shape index (κ1) is 9.67. The van der Waals surface area contributed by atoms with E-state index in [2.05, 4.69) is 48.4 Å². The van der Waals surface area contributed by atoms with Gasteiger partial charge in [0.05, 0.1) is 0 Å². The van der Waals surface area contributed by atoms with Crippen LogP contribution in [0, 0.1) is 0 Å². The van der Waals surface area contributed by atoms with Gasteiger partial charge in [-0.15, -0.1) is 0 Å². The normalized spacial score (nSPS) is 11.8. The summed E-state index contributed by atoms with van der Waals surface area (Å²) >= 11 is 6.56. The molecule has 1 heterocycles. The van der Waals surface area contributed by atoms with E-state index in [9.17, 15) is 0 Å². The molecule has 0 spiro atoms. The van der Waals surface area contributed by atoms with Crippen molar-refractivity contribution < 1.29 is 0 Å². The predicted molar refractivity (Wildman–Crippen MR) is 55.5 cm³/mol. The second-order valence-electron chi connectivity index (χ2n) is 1.99. The highest BCUT2D eigenvalue weighted by atomic mass is 79.9. The molecule has 5 heteroatoms. The Kier molecular flexibility index (Phi) is 3.22. The van der Waals surface area contributed by atoms with Crippen molar-refractivity contribution in [2.75, 3.05) is 7.05 Å². The van der Waals surface area contributed by atoms with Crippen molar-refractivity contribution in [1.29, 1.82) is 0 Å². The third-order valence-electron chi connectivity index (χ3n) is 1.29. The maximum Gasteiger partial charge on any atom is 0.165 e. The van der Waals surface area contributed by atoms with Crippen LogP contribution >= 0.6 is 31.9 Å². The number of hydrogen-bond acceptors (Lipinski definition) is 2. The maximum atomic E-state index is 4.12. The van der Waals surface area contributed by atoms with Gasteiger partial charge in [-0.3, -0.25) is 4.99 Å². The van der Waals surface area contributed by atoms with E-state index < -0.39 is 0 Å². The van der Waals surface area contributed by atoms with Gasteiger partial charge in [-0.25, -0.2) is 4.98 Å². The zero-order valence-corrected chi connectivity index (χ0v) is 9.63. The fourth-order valence-corrected chi connectivity index (χ4v) is 2.01. The van der Waals surface area contributed by atoms with E-state index in [4.69, 9.17) is 0 Å². The van der Waals surface area contributed by atoms with Gasteiger partial charge >= 0.3 is 0 Å². The zero-order valence-electron chi connectivity index (χ0n) is 6.46. The van der Waals surface area contributed by atoms with Gasteiger partial charge in [0.2, 0.25) is 0 Å². The van der Waals surface area contributed by atoms with Crippen molar-refractivity contribution >= 4 is 38.1 Å². The summed E-state index contributed by atoms with van der Waals surface area (Å²) in [7, 11) is 1.70. The molecule has 0 aliphatic rings. The molecular weight excluding hydrogens is 286 g/mol. The Morgan fingerprint density at radius 3 is 2.83 bits per heavy atom. The molecule has 64 valence electrons. The van der Waals surface area contributed by atoms with Crippen molar-refractivity contribution in [3.05, 3.63) is 27.5 Å². The van der Waals surface area contributed by atoms with E-state index >= 15 is 0 Å². The zero-order chi connectivity index (χ0) is 9.14. The van der Waals surface area contributed by atoms with Gasteiger partial charge in [0.15, 0.2) is 5.49 Å². The molecule has 0 saturated carbocycles. The minimum Gasteiger partial charge on any atom is -0.305 e. The number of nitrogens with zero attached hydrogens (tertiary/aromatic N) is 3. The molecule has 0 radical (unpaired) electrons. The molecule has 0 N–H and O–H groups in total. The molecule has 0 bridgehead atoms. The van der Waals surface area contributed by atoms with Crippen LogP contribution in [-0.4, -0.2) is 16.6 Å². The summed E-state index contributed by atoms with van der Waals surface area (Å²) in [6, 6.07) is 0. The van der Waals surface area contributed by atoms with Crippen molar-refractivity contribution in [1.82, 2.24) is 9.55 Å². The number of rotatable bonds is 1. The second kappa shape index (κ2) is 4.00. The Labute approximate surface area is 87.1 Å². The number of hydrogen-bond donors (Lipinski definition) is 0. The summed E-state index contributed by atoms with van der Waals surface area (Å²) in [5.74, 6) is 0. The third-order valence-corrected chi connectivity index (χ3v) is 2.20. The lowest BCUT2D eigenvalue weighted by atomic mass is 10.6. The van der Waals surface area contributed by atoms with Crippen LogP contribution in [0.1, 0.15) is 0 Å². The molecular formula is C7H7Br2N3. The summed E-state index contributed by atoms with van der Waals surface area (Å²) in [6.07, 6.45) is 3.46. The molecule has 0 fully saturated rings. The predicted octanol–water partition coefficient (Wildman–Crippen LogP) is 2.04. The molecule has 0 aliphatic carbocycles. The van der Waals surface area contributed by atoms with Crippen LogP contribution in [0.3, 0.4) is 0 Å². The van der Waals surface area contributed by atoms with E-state index in [1.54, 1.807) is 24.0 Å². The molecule has 1 aromatic heterocycles. The summed E-state index contributed by atoms with van der Waals surface area (Å²) in [5, 5.41) is 0. The van der Waals surface area contributed by atoms with Crippen LogP contribution in [0.2, 0.25) is 0 Å². The highest BCUT2D eigenvalue weighted by Gasteiger charge is 1.98. The lowest BCUT2D eigenvalue weighted by Gasteiger charge is -2.01. The van der Waals surface area contributed by atoms with Crippen LogP contribution in [0.25, 0.3) is 6.20 Å². The molecule has 0 unspecified atom stereocenters. The third kappa shape index (κ3) is 1.84. The molecule has 3 nitrogen and oxygen atoms in total. The summed E-state index contributed by atoms with van der Waals surface area (Å²) in [5.41, 5.74) is 0.744. The quantitative estimate of drug-likeness (QED) is 0.779. The van der Waals surface area contributed by atoms with Crippen LogP contribution in [0.5, 0.6) is 0 Å². The van der Waals surface area contributed by atoms with Gasteiger partial charge in [-0.1, -0.05) is 6.58 Å². The summed E-state index contributed by atoms with van der Waals surface area (Å²) in [4.78, 5) is 8.17. The van der Waals surface area contributed by atoms with E-state index in [1.165, 1.54) is 0 Å². The average molecular weight is 293 g/mol. The Hall–Kier alpha value is -0.420. The molecule has 1 rings (SSSR count). The molecule has 1 aromatic rings. The minimum absolute atomic E-state index is 0.694. The molecule has 12 heavy (non-hydrogen) atoms. The van der Waals surface area contributed by atoms with Crippen LogP contribution in [0.4, 0.5) is 0 Å². The fourth-order valence-electron chi connectivity index (χ4n) is 0.802. The van der Waals surface area contributed by atoms with Crippen molar-refractivity contribution in [2.24, 2.45) is 4.99 Å².